The van der Waals surface area contributed by atoms with Crippen LogP contribution in [-0.4, -0.2) is 36.9 Å². The average molecular weight is 423 g/mol. The van der Waals surface area contributed by atoms with Gasteiger partial charge >= 0.3 is 0 Å². The predicted octanol–water partition coefficient (Wildman–Crippen LogP) is 3.14. The largest absolute Gasteiger partial charge is 0.468 e. The number of amides is 2. The fourth-order valence-corrected chi connectivity index (χ4v) is 3.21. The van der Waals surface area contributed by atoms with Crippen LogP contribution in [0.25, 0.3) is 0 Å². The van der Waals surface area contributed by atoms with E-state index in [9.17, 15) is 14.0 Å². The quantitative estimate of drug-likeness (QED) is 0.525. The molecule has 0 aliphatic heterocycles. The highest BCUT2D eigenvalue weighted by atomic mass is 19.1. The summed E-state index contributed by atoms with van der Waals surface area (Å²) in [5, 5.41) is 5.51. The van der Waals surface area contributed by atoms with Crippen LogP contribution in [0.15, 0.2) is 71.3 Å². The van der Waals surface area contributed by atoms with Crippen molar-refractivity contribution in [3.63, 3.8) is 0 Å². The third kappa shape index (κ3) is 7.08. The first-order chi connectivity index (χ1) is 15.0. The van der Waals surface area contributed by atoms with Gasteiger partial charge in [0.1, 0.15) is 11.6 Å². The Balaban J connectivity index is 1.57. The number of rotatable bonds is 10. The topological polar surface area (TPSA) is 74.6 Å². The van der Waals surface area contributed by atoms with Gasteiger partial charge in [0.05, 0.1) is 19.4 Å². The van der Waals surface area contributed by atoms with Gasteiger partial charge in [-0.15, -0.1) is 0 Å². The summed E-state index contributed by atoms with van der Waals surface area (Å²) in [6.45, 7) is 1.68. The van der Waals surface area contributed by atoms with E-state index in [0.717, 1.165) is 16.9 Å². The number of nitrogens with zero attached hydrogens (tertiary/aromatic N) is 1. The van der Waals surface area contributed by atoms with Gasteiger partial charge in [-0.2, -0.15) is 0 Å². The van der Waals surface area contributed by atoms with Crippen molar-refractivity contribution < 1.29 is 18.4 Å². The number of carbonyl (C=O) groups is 2. The zero-order chi connectivity index (χ0) is 22.1. The van der Waals surface area contributed by atoms with Crippen LogP contribution in [0.4, 0.5) is 4.39 Å². The molecular formula is C24H26FN3O3. The summed E-state index contributed by atoms with van der Waals surface area (Å²) in [5.74, 6) is 0.251. The Hall–Kier alpha value is -3.45. The first-order valence-electron chi connectivity index (χ1n) is 10.1. The normalized spacial score (nSPS) is 10.8. The molecule has 31 heavy (non-hydrogen) atoms. The molecule has 1 aromatic heterocycles. The van der Waals surface area contributed by atoms with Crippen LogP contribution in [0, 0.1) is 5.82 Å². The number of hydrogen-bond acceptors (Lipinski definition) is 4. The van der Waals surface area contributed by atoms with Gasteiger partial charge in [-0.3, -0.25) is 14.5 Å². The van der Waals surface area contributed by atoms with E-state index in [2.05, 4.69) is 10.6 Å². The molecule has 0 radical (unpaired) electrons. The van der Waals surface area contributed by atoms with E-state index in [1.807, 2.05) is 29.2 Å². The van der Waals surface area contributed by atoms with Crippen LogP contribution in [-0.2, 0) is 24.3 Å². The van der Waals surface area contributed by atoms with Crippen molar-refractivity contribution in [1.29, 1.82) is 0 Å². The number of hydrogen-bond donors (Lipinski definition) is 2. The van der Waals surface area contributed by atoms with Crippen molar-refractivity contribution in [3.8, 4) is 0 Å². The third-order valence-corrected chi connectivity index (χ3v) is 4.83. The molecule has 0 fully saturated rings. The van der Waals surface area contributed by atoms with Crippen molar-refractivity contribution >= 4 is 11.8 Å². The minimum atomic E-state index is -0.273. The highest BCUT2D eigenvalue weighted by molar-refractivity contribution is 5.93. The van der Waals surface area contributed by atoms with E-state index < -0.39 is 0 Å². The summed E-state index contributed by atoms with van der Waals surface area (Å²) in [4.78, 5) is 26.2. The molecule has 0 atom stereocenters. The lowest BCUT2D eigenvalue weighted by Gasteiger charge is -2.21. The summed E-state index contributed by atoms with van der Waals surface area (Å²) in [5.41, 5.74) is 2.53. The monoisotopic (exact) mass is 423 g/mol. The predicted molar refractivity (Wildman–Crippen MR) is 116 cm³/mol. The first kappa shape index (κ1) is 22.2. The van der Waals surface area contributed by atoms with Gasteiger partial charge in [0.2, 0.25) is 5.91 Å². The van der Waals surface area contributed by atoms with Gasteiger partial charge in [0.25, 0.3) is 5.91 Å². The van der Waals surface area contributed by atoms with Crippen molar-refractivity contribution in [2.24, 2.45) is 0 Å². The van der Waals surface area contributed by atoms with Gasteiger partial charge in [-0.05, 0) is 53.9 Å². The lowest BCUT2D eigenvalue weighted by Crippen LogP contribution is -2.37. The molecule has 0 aliphatic carbocycles. The summed E-state index contributed by atoms with van der Waals surface area (Å²) >= 11 is 0. The number of carbonyl (C=O) groups excluding carboxylic acids is 2. The maximum absolute atomic E-state index is 13.0. The Labute approximate surface area is 181 Å². The molecule has 6 nitrogen and oxygen atoms in total. The minimum absolute atomic E-state index is 0.101. The van der Waals surface area contributed by atoms with E-state index >= 15 is 0 Å². The summed E-state index contributed by atoms with van der Waals surface area (Å²) in [7, 11) is 1.59. The second kappa shape index (κ2) is 11.1. The van der Waals surface area contributed by atoms with Crippen LogP contribution in [0.3, 0.4) is 0 Å². The van der Waals surface area contributed by atoms with Crippen molar-refractivity contribution in [3.05, 3.63) is 95.2 Å². The van der Waals surface area contributed by atoms with Gasteiger partial charge in [-0.25, -0.2) is 4.39 Å². The Bertz CT molecular complexity index is 970. The number of halogens is 1. The van der Waals surface area contributed by atoms with E-state index in [0.29, 0.717) is 31.6 Å². The molecule has 0 bridgehead atoms. The van der Waals surface area contributed by atoms with Crippen LogP contribution >= 0.6 is 0 Å². The molecule has 3 rings (SSSR count). The maximum atomic E-state index is 13.0. The number of furan rings is 1. The average Bonchev–Trinajstić information content (AvgIpc) is 3.28. The fourth-order valence-electron chi connectivity index (χ4n) is 3.21. The van der Waals surface area contributed by atoms with Gasteiger partial charge in [0.15, 0.2) is 0 Å². The van der Waals surface area contributed by atoms with E-state index in [-0.39, 0.29) is 24.2 Å². The highest BCUT2D eigenvalue weighted by Gasteiger charge is 2.14. The Kier molecular flexibility index (Phi) is 7.95. The van der Waals surface area contributed by atoms with Crippen molar-refractivity contribution in [2.75, 3.05) is 20.1 Å². The zero-order valence-corrected chi connectivity index (χ0v) is 17.4. The summed E-state index contributed by atoms with van der Waals surface area (Å²) in [6.07, 6.45) is 2.24. The summed E-state index contributed by atoms with van der Waals surface area (Å²) in [6, 6.07) is 17.2. The molecule has 2 amide bonds. The maximum Gasteiger partial charge on any atom is 0.251 e. The molecule has 0 spiro atoms. The molecular weight excluding hydrogens is 397 g/mol. The number of nitrogens with one attached hydrogen (secondary N) is 2. The molecule has 7 heteroatoms. The standard InChI is InChI=1S/C24H26FN3O3/c1-26-24(30)20-8-4-19(5-9-20)15-28(16-22-3-2-14-31-22)17-23(29)27-13-12-18-6-10-21(25)11-7-18/h2-11,14H,12-13,15-17H2,1H3,(H,26,30)(H,27,29). The second-order valence-electron chi connectivity index (χ2n) is 7.23. The highest BCUT2D eigenvalue weighted by Crippen LogP contribution is 2.12. The molecule has 2 N–H and O–H groups in total. The van der Waals surface area contributed by atoms with Crippen LogP contribution in [0.5, 0.6) is 0 Å². The smallest absolute Gasteiger partial charge is 0.251 e. The molecule has 0 saturated heterocycles. The molecule has 0 aliphatic rings. The number of benzene rings is 2. The lowest BCUT2D eigenvalue weighted by atomic mass is 10.1. The fraction of sp³-hybridized carbons (Fsp3) is 0.250. The molecule has 162 valence electrons. The lowest BCUT2D eigenvalue weighted by molar-refractivity contribution is -0.122. The Morgan fingerprint density at radius 1 is 0.968 bits per heavy atom. The SMILES string of the molecule is CNC(=O)c1ccc(CN(CC(=O)NCCc2ccc(F)cc2)Cc2ccco2)cc1. The van der Waals surface area contributed by atoms with E-state index in [1.54, 1.807) is 37.6 Å². The van der Waals surface area contributed by atoms with Crippen LogP contribution in [0.1, 0.15) is 27.2 Å². The van der Waals surface area contributed by atoms with Crippen molar-refractivity contribution in [1.82, 2.24) is 15.5 Å². The molecule has 2 aromatic carbocycles. The molecule has 0 saturated carbocycles. The van der Waals surface area contributed by atoms with E-state index in [4.69, 9.17) is 4.42 Å². The Morgan fingerprint density at radius 3 is 2.32 bits per heavy atom. The van der Waals surface area contributed by atoms with Crippen molar-refractivity contribution in [2.45, 2.75) is 19.5 Å². The van der Waals surface area contributed by atoms with Gasteiger partial charge in [0, 0.05) is 25.7 Å². The van der Waals surface area contributed by atoms with Gasteiger partial charge in [-0.1, -0.05) is 24.3 Å². The van der Waals surface area contributed by atoms with Gasteiger partial charge < -0.3 is 15.1 Å². The molecule has 0 unspecified atom stereocenters. The zero-order valence-electron chi connectivity index (χ0n) is 17.4. The summed E-state index contributed by atoms with van der Waals surface area (Å²) < 4.78 is 18.4. The first-order valence-corrected chi connectivity index (χ1v) is 10.1. The minimum Gasteiger partial charge on any atom is -0.468 e. The third-order valence-electron chi connectivity index (χ3n) is 4.83. The van der Waals surface area contributed by atoms with Crippen LogP contribution in [0.2, 0.25) is 0 Å². The van der Waals surface area contributed by atoms with E-state index in [1.165, 1.54) is 12.1 Å². The molecule has 3 aromatic rings. The second-order valence-corrected chi connectivity index (χ2v) is 7.23. The van der Waals surface area contributed by atoms with Crippen LogP contribution < -0.4 is 10.6 Å². The molecule has 1 heterocycles. The Morgan fingerprint density at radius 2 is 1.68 bits per heavy atom.